The second kappa shape index (κ2) is 9.78. The number of carbonyl (C=O) groups excluding carboxylic acids is 2. The summed E-state index contributed by atoms with van der Waals surface area (Å²) < 4.78 is 8.83. The molecular formula is C18H18O6. The second-order valence-corrected chi connectivity index (χ2v) is 4.62. The Morgan fingerprint density at radius 2 is 1.42 bits per heavy atom. The third-order valence-electron chi connectivity index (χ3n) is 2.95. The molecule has 2 rings (SSSR count). The van der Waals surface area contributed by atoms with E-state index in [1.165, 1.54) is 7.11 Å². The van der Waals surface area contributed by atoms with Crippen LogP contribution in [0.1, 0.15) is 28.9 Å². The molecule has 0 bridgehead atoms. The van der Waals surface area contributed by atoms with Crippen molar-refractivity contribution < 1.29 is 29.0 Å². The number of benzene rings is 2. The van der Waals surface area contributed by atoms with Gasteiger partial charge in [-0.1, -0.05) is 60.7 Å². The van der Waals surface area contributed by atoms with Crippen molar-refractivity contribution in [2.24, 2.45) is 0 Å². The fraction of sp³-hybridized carbons (Fsp3) is 0.167. The van der Waals surface area contributed by atoms with Crippen molar-refractivity contribution in [1.82, 2.24) is 0 Å². The van der Waals surface area contributed by atoms with E-state index >= 15 is 0 Å². The van der Waals surface area contributed by atoms with Crippen LogP contribution in [-0.2, 0) is 14.3 Å². The molecule has 6 heteroatoms. The van der Waals surface area contributed by atoms with E-state index in [2.05, 4.69) is 9.47 Å². The van der Waals surface area contributed by atoms with E-state index in [1.807, 2.05) is 30.3 Å². The summed E-state index contributed by atoms with van der Waals surface area (Å²) in [5, 5.41) is 8.32. The highest BCUT2D eigenvalue weighted by molar-refractivity contribution is 6.40. The first-order valence-corrected chi connectivity index (χ1v) is 7.08. The minimum Gasteiger partial charge on any atom is -0.463 e. The lowest BCUT2D eigenvalue weighted by Crippen LogP contribution is -2.15. The Kier molecular flexibility index (Phi) is 7.70. The predicted octanol–water partition coefficient (Wildman–Crippen LogP) is 3.48. The van der Waals surface area contributed by atoms with Gasteiger partial charge in [0, 0.05) is 5.56 Å². The fourth-order valence-electron chi connectivity index (χ4n) is 1.74. The second-order valence-electron chi connectivity index (χ2n) is 4.62. The maximum Gasteiger partial charge on any atom is 0.506 e. The summed E-state index contributed by atoms with van der Waals surface area (Å²) >= 11 is 0. The summed E-state index contributed by atoms with van der Waals surface area (Å²) in [6.07, 6.45) is -1.64. The molecule has 1 N–H and O–H groups in total. The molecule has 0 aliphatic rings. The summed E-state index contributed by atoms with van der Waals surface area (Å²) in [4.78, 5) is 32.0. The first-order valence-electron chi connectivity index (χ1n) is 7.08. The van der Waals surface area contributed by atoms with Crippen LogP contribution in [-0.4, -0.2) is 30.1 Å². The van der Waals surface area contributed by atoms with E-state index in [0.29, 0.717) is 5.56 Å². The van der Waals surface area contributed by atoms with Crippen LogP contribution in [0.25, 0.3) is 0 Å². The van der Waals surface area contributed by atoms with Crippen LogP contribution < -0.4 is 0 Å². The smallest absolute Gasteiger partial charge is 0.463 e. The van der Waals surface area contributed by atoms with Gasteiger partial charge < -0.3 is 14.6 Å². The van der Waals surface area contributed by atoms with Crippen molar-refractivity contribution in [2.75, 3.05) is 7.11 Å². The van der Waals surface area contributed by atoms with Gasteiger partial charge >= 0.3 is 12.1 Å². The Labute approximate surface area is 139 Å². The molecule has 0 saturated heterocycles. The zero-order chi connectivity index (χ0) is 17.9. The lowest BCUT2D eigenvalue weighted by atomic mass is 10.1. The predicted molar refractivity (Wildman–Crippen MR) is 86.8 cm³/mol. The van der Waals surface area contributed by atoms with E-state index in [9.17, 15) is 14.4 Å². The Hall–Kier alpha value is -3.15. The number of ketones is 1. The highest BCUT2D eigenvalue weighted by Gasteiger charge is 2.15. The van der Waals surface area contributed by atoms with Crippen LogP contribution in [0.5, 0.6) is 0 Å². The molecule has 0 fully saturated rings. The number of methoxy groups -OCH3 is 1. The molecule has 0 heterocycles. The Bertz CT molecular complexity index is 666. The van der Waals surface area contributed by atoms with Crippen LogP contribution in [0, 0.1) is 0 Å². The maximum absolute atomic E-state index is 11.1. The van der Waals surface area contributed by atoms with Crippen molar-refractivity contribution in [3.8, 4) is 0 Å². The lowest BCUT2D eigenvalue weighted by Gasteiger charge is -2.09. The van der Waals surface area contributed by atoms with Crippen molar-refractivity contribution in [3.63, 3.8) is 0 Å². The van der Waals surface area contributed by atoms with E-state index in [1.54, 1.807) is 37.3 Å². The Balaban J connectivity index is 0.000000240. The SMILES string of the molecule is CC(OC(=O)O)c1ccccc1.COC(=O)C(=O)c1ccccc1. The van der Waals surface area contributed by atoms with Gasteiger partial charge in [-0.05, 0) is 12.5 Å². The summed E-state index contributed by atoms with van der Waals surface area (Å²) in [7, 11) is 1.18. The largest absolute Gasteiger partial charge is 0.506 e. The van der Waals surface area contributed by atoms with Gasteiger partial charge in [0.1, 0.15) is 6.10 Å². The molecule has 126 valence electrons. The molecule has 24 heavy (non-hydrogen) atoms. The van der Waals surface area contributed by atoms with Gasteiger partial charge in [-0.15, -0.1) is 0 Å². The number of hydrogen-bond donors (Lipinski definition) is 1. The number of hydrogen-bond acceptors (Lipinski definition) is 5. The summed E-state index contributed by atoms with van der Waals surface area (Å²) in [5.74, 6) is -1.45. The Morgan fingerprint density at radius 1 is 0.917 bits per heavy atom. The monoisotopic (exact) mass is 330 g/mol. The average Bonchev–Trinajstić information content (AvgIpc) is 2.62. The van der Waals surface area contributed by atoms with E-state index in [0.717, 1.165) is 5.56 Å². The first kappa shape index (κ1) is 18.9. The summed E-state index contributed by atoms with van der Waals surface area (Å²) in [5.41, 5.74) is 1.21. The van der Waals surface area contributed by atoms with Gasteiger partial charge in [-0.3, -0.25) is 4.79 Å². The molecule has 2 aromatic carbocycles. The number of rotatable bonds is 4. The number of carboxylic acid groups (broad SMARTS) is 1. The van der Waals surface area contributed by atoms with Crippen LogP contribution in [0.3, 0.4) is 0 Å². The molecule has 0 spiro atoms. The van der Waals surface area contributed by atoms with Crippen molar-refractivity contribution in [3.05, 3.63) is 71.8 Å². The van der Waals surface area contributed by atoms with Gasteiger partial charge in [0.2, 0.25) is 0 Å². The maximum atomic E-state index is 11.1. The van der Waals surface area contributed by atoms with Crippen LogP contribution >= 0.6 is 0 Å². The van der Waals surface area contributed by atoms with E-state index in [4.69, 9.17) is 5.11 Å². The van der Waals surface area contributed by atoms with Gasteiger partial charge in [0.15, 0.2) is 0 Å². The molecule has 1 atom stereocenters. The van der Waals surface area contributed by atoms with E-state index in [-0.39, 0.29) is 0 Å². The van der Waals surface area contributed by atoms with Gasteiger partial charge in [-0.25, -0.2) is 9.59 Å². The number of ether oxygens (including phenoxy) is 2. The number of Topliss-reactive ketones (excluding diaryl/α,β-unsaturated/α-hetero) is 1. The molecule has 0 saturated carbocycles. The molecule has 0 radical (unpaired) electrons. The standard InChI is InChI=1S/C9H8O3.C9H10O3/c1-12-9(11)8(10)7-5-3-2-4-6-7;1-7(12-9(10)11)8-5-3-2-4-6-8/h2-6H,1H3;2-7H,1H3,(H,10,11). The highest BCUT2D eigenvalue weighted by atomic mass is 16.7. The molecule has 6 nitrogen and oxygen atoms in total. The van der Waals surface area contributed by atoms with Gasteiger partial charge in [0.05, 0.1) is 7.11 Å². The molecule has 2 aromatic rings. The average molecular weight is 330 g/mol. The van der Waals surface area contributed by atoms with Gasteiger partial charge in [0.25, 0.3) is 5.78 Å². The zero-order valence-corrected chi connectivity index (χ0v) is 13.3. The minimum atomic E-state index is -1.24. The molecule has 0 aliphatic carbocycles. The molecule has 0 amide bonds. The van der Waals surface area contributed by atoms with Crippen LogP contribution in [0.15, 0.2) is 60.7 Å². The van der Waals surface area contributed by atoms with Crippen LogP contribution in [0.2, 0.25) is 0 Å². The minimum absolute atomic E-state index is 0.351. The lowest BCUT2D eigenvalue weighted by molar-refractivity contribution is -0.135. The fourth-order valence-corrected chi connectivity index (χ4v) is 1.74. The molecular weight excluding hydrogens is 312 g/mol. The van der Waals surface area contributed by atoms with Gasteiger partial charge in [-0.2, -0.15) is 0 Å². The third-order valence-corrected chi connectivity index (χ3v) is 2.95. The van der Waals surface area contributed by atoms with Crippen molar-refractivity contribution >= 4 is 17.9 Å². The van der Waals surface area contributed by atoms with Crippen molar-refractivity contribution in [2.45, 2.75) is 13.0 Å². The van der Waals surface area contributed by atoms with E-state index < -0.39 is 24.0 Å². The normalized spacial score (nSPS) is 10.6. The summed E-state index contributed by atoms with van der Waals surface area (Å²) in [6.45, 7) is 1.70. The van der Waals surface area contributed by atoms with Crippen LogP contribution in [0.4, 0.5) is 4.79 Å². The van der Waals surface area contributed by atoms with Crippen molar-refractivity contribution in [1.29, 1.82) is 0 Å². The summed E-state index contributed by atoms with van der Waals surface area (Å²) in [6, 6.07) is 17.5. The quantitative estimate of drug-likeness (QED) is 0.524. The Morgan fingerprint density at radius 3 is 1.88 bits per heavy atom. The topological polar surface area (TPSA) is 89.9 Å². The number of esters is 1. The third kappa shape index (κ3) is 6.31. The molecule has 0 aliphatic heterocycles. The highest BCUT2D eigenvalue weighted by Crippen LogP contribution is 2.15. The first-order chi connectivity index (χ1) is 11.5. The number of carbonyl (C=O) groups is 3. The zero-order valence-electron chi connectivity index (χ0n) is 13.3. The molecule has 0 aromatic heterocycles. The molecule has 1 unspecified atom stereocenters.